The molecule has 0 spiro atoms. The Morgan fingerprint density at radius 2 is 1.72 bits per heavy atom. The van der Waals surface area contributed by atoms with Crippen molar-refractivity contribution in [2.75, 3.05) is 47.5 Å². The van der Waals surface area contributed by atoms with Gasteiger partial charge in [-0.05, 0) is 24.6 Å². The average molecular weight is 423 g/mol. The molecular formula is C20H27ClN4O4. The molecule has 2 aromatic rings. The van der Waals surface area contributed by atoms with Crippen molar-refractivity contribution in [3.63, 3.8) is 0 Å². The maximum Gasteiger partial charge on any atom is 0.247 e. The number of rotatable bonds is 7. The fraction of sp³-hybridized carbons (Fsp3) is 0.500. The highest BCUT2D eigenvalue weighted by atomic mass is 35.5. The van der Waals surface area contributed by atoms with E-state index in [0.29, 0.717) is 35.4 Å². The van der Waals surface area contributed by atoms with E-state index in [2.05, 4.69) is 10.00 Å². The number of hydrogen-bond donors (Lipinski definition) is 0. The predicted octanol–water partition coefficient (Wildman–Crippen LogP) is 2.47. The average Bonchev–Trinajstić information content (AvgIpc) is 3.18. The topological polar surface area (TPSA) is 69.1 Å². The third-order valence-corrected chi connectivity index (χ3v) is 5.33. The Labute approximate surface area is 175 Å². The number of piperazine rings is 1. The van der Waals surface area contributed by atoms with Gasteiger partial charge in [0.1, 0.15) is 6.04 Å². The maximum atomic E-state index is 12.8. The first-order valence-corrected chi connectivity index (χ1v) is 9.84. The Bertz CT molecular complexity index is 824. The number of nitrogens with zero attached hydrogens (tertiary/aromatic N) is 4. The second kappa shape index (κ2) is 9.37. The summed E-state index contributed by atoms with van der Waals surface area (Å²) < 4.78 is 17.9. The number of hydrogen-bond acceptors (Lipinski definition) is 6. The SMILES string of the molecule is COc1cc(CN2CCN(C(=O)[C@@H](C)n3cc(Cl)cn3)CC2)cc(OC)c1OC. The van der Waals surface area contributed by atoms with E-state index in [1.807, 2.05) is 24.0 Å². The zero-order chi connectivity index (χ0) is 21.0. The first-order chi connectivity index (χ1) is 14.0. The number of aromatic nitrogens is 2. The highest BCUT2D eigenvalue weighted by Crippen LogP contribution is 2.38. The summed E-state index contributed by atoms with van der Waals surface area (Å²) in [6.07, 6.45) is 3.21. The van der Waals surface area contributed by atoms with Crippen molar-refractivity contribution >= 4 is 17.5 Å². The lowest BCUT2D eigenvalue weighted by atomic mass is 10.1. The van der Waals surface area contributed by atoms with E-state index in [1.165, 1.54) is 0 Å². The number of carbonyl (C=O) groups excluding carboxylic acids is 1. The van der Waals surface area contributed by atoms with Crippen LogP contribution in [-0.4, -0.2) is 73.0 Å². The number of amides is 1. The van der Waals surface area contributed by atoms with Crippen LogP contribution in [-0.2, 0) is 11.3 Å². The van der Waals surface area contributed by atoms with Gasteiger partial charge in [-0.15, -0.1) is 0 Å². The van der Waals surface area contributed by atoms with Crippen LogP contribution in [0.2, 0.25) is 5.02 Å². The molecule has 1 aromatic carbocycles. The van der Waals surface area contributed by atoms with Gasteiger partial charge < -0.3 is 19.1 Å². The van der Waals surface area contributed by atoms with E-state index >= 15 is 0 Å². The minimum absolute atomic E-state index is 0.0530. The van der Waals surface area contributed by atoms with Crippen LogP contribution in [0.3, 0.4) is 0 Å². The van der Waals surface area contributed by atoms with Gasteiger partial charge in [0.05, 0.1) is 32.5 Å². The molecule has 2 heterocycles. The van der Waals surface area contributed by atoms with Crippen LogP contribution in [0.4, 0.5) is 0 Å². The van der Waals surface area contributed by atoms with Gasteiger partial charge in [0.15, 0.2) is 11.5 Å². The molecule has 0 N–H and O–H groups in total. The molecule has 158 valence electrons. The fourth-order valence-corrected chi connectivity index (χ4v) is 3.66. The van der Waals surface area contributed by atoms with Crippen molar-refractivity contribution in [2.45, 2.75) is 19.5 Å². The molecule has 1 aromatic heterocycles. The third kappa shape index (κ3) is 4.76. The van der Waals surface area contributed by atoms with E-state index in [-0.39, 0.29) is 11.9 Å². The zero-order valence-electron chi connectivity index (χ0n) is 17.2. The van der Waals surface area contributed by atoms with Crippen LogP contribution in [0, 0.1) is 0 Å². The van der Waals surface area contributed by atoms with Gasteiger partial charge in [0, 0.05) is 38.9 Å². The fourth-order valence-electron chi connectivity index (χ4n) is 3.52. The molecule has 0 bridgehead atoms. The summed E-state index contributed by atoms with van der Waals surface area (Å²) in [6, 6.07) is 3.55. The lowest BCUT2D eigenvalue weighted by Crippen LogP contribution is -2.49. The Kier molecular flexibility index (Phi) is 6.87. The molecule has 1 saturated heterocycles. The largest absolute Gasteiger partial charge is 0.493 e. The Hall–Kier alpha value is -2.45. The van der Waals surface area contributed by atoms with E-state index in [1.54, 1.807) is 38.4 Å². The first kappa shape index (κ1) is 21.3. The van der Waals surface area contributed by atoms with Gasteiger partial charge >= 0.3 is 0 Å². The molecule has 1 fully saturated rings. The number of benzene rings is 1. The van der Waals surface area contributed by atoms with Gasteiger partial charge in [-0.2, -0.15) is 5.10 Å². The van der Waals surface area contributed by atoms with Crippen molar-refractivity contribution < 1.29 is 19.0 Å². The molecule has 1 aliphatic rings. The zero-order valence-corrected chi connectivity index (χ0v) is 18.0. The monoisotopic (exact) mass is 422 g/mol. The quantitative estimate of drug-likeness (QED) is 0.682. The summed E-state index contributed by atoms with van der Waals surface area (Å²) in [5.41, 5.74) is 1.07. The van der Waals surface area contributed by atoms with Crippen LogP contribution in [0.15, 0.2) is 24.5 Å². The maximum absolute atomic E-state index is 12.8. The van der Waals surface area contributed by atoms with Crippen LogP contribution in [0.25, 0.3) is 0 Å². The molecular weight excluding hydrogens is 396 g/mol. The molecule has 1 amide bonds. The van der Waals surface area contributed by atoms with Crippen LogP contribution < -0.4 is 14.2 Å². The Morgan fingerprint density at radius 3 is 2.21 bits per heavy atom. The minimum Gasteiger partial charge on any atom is -0.493 e. The number of halogens is 1. The number of ether oxygens (including phenoxy) is 3. The van der Waals surface area contributed by atoms with Crippen LogP contribution in [0.1, 0.15) is 18.5 Å². The first-order valence-electron chi connectivity index (χ1n) is 9.46. The van der Waals surface area contributed by atoms with Gasteiger partial charge in [-0.3, -0.25) is 14.4 Å². The van der Waals surface area contributed by atoms with E-state index in [0.717, 1.165) is 25.2 Å². The molecule has 0 unspecified atom stereocenters. The Morgan fingerprint density at radius 1 is 1.10 bits per heavy atom. The molecule has 8 nitrogen and oxygen atoms in total. The molecule has 0 saturated carbocycles. The standard InChI is InChI=1S/C20H27ClN4O4/c1-14(25-13-16(21)11-22-25)20(26)24-7-5-23(6-8-24)12-15-9-17(27-2)19(29-4)18(10-15)28-3/h9-11,13-14H,5-8,12H2,1-4H3/t14-/m1/s1. The van der Waals surface area contributed by atoms with Crippen molar-refractivity contribution in [3.8, 4) is 17.2 Å². The molecule has 1 atom stereocenters. The second-order valence-corrected chi connectivity index (χ2v) is 7.39. The summed E-state index contributed by atoms with van der Waals surface area (Å²) in [5, 5.41) is 4.67. The Balaban J connectivity index is 1.60. The highest BCUT2D eigenvalue weighted by molar-refractivity contribution is 6.30. The normalized spacial score (nSPS) is 15.8. The molecule has 29 heavy (non-hydrogen) atoms. The van der Waals surface area contributed by atoms with Gasteiger partial charge in [0.2, 0.25) is 11.7 Å². The van der Waals surface area contributed by atoms with Gasteiger partial charge in [0.25, 0.3) is 0 Å². The predicted molar refractivity (Wildman–Crippen MR) is 110 cm³/mol. The van der Waals surface area contributed by atoms with Gasteiger partial charge in [-0.1, -0.05) is 11.6 Å². The number of methoxy groups -OCH3 is 3. The molecule has 9 heteroatoms. The van der Waals surface area contributed by atoms with E-state index < -0.39 is 0 Å². The van der Waals surface area contributed by atoms with Crippen molar-refractivity contribution in [1.29, 1.82) is 0 Å². The minimum atomic E-state index is -0.371. The summed E-state index contributed by atoms with van der Waals surface area (Å²) in [5.74, 6) is 1.92. The van der Waals surface area contributed by atoms with E-state index in [4.69, 9.17) is 25.8 Å². The van der Waals surface area contributed by atoms with Crippen LogP contribution >= 0.6 is 11.6 Å². The molecule has 3 rings (SSSR count). The third-order valence-electron chi connectivity index (χ3n) is 5.14. The molecule has 0 aliphatic carbocycles. The lowest BCUT2D eigenvalue weighted by Gasteiger charge is -2.36. The van der Waals surface area contributed by atoms with Crippen LogP contribution in [0.5, 0.6) is 17.2 Å². The lowest BCUT2D eigenvalue weighted by molar-refractivity contribution is -0.136. The van der Waals surface area contributed by atoms with Gasteiger partial charge in [-0.25, -0.2) is 0 Å². The highest BCUT2D eigenvalue weighted by Gasteiger charge is 2.26. The second-order valence-electron chi connectivity index (χ2n) is 6.95. The number of carbonyl (C=O) groups is 1. The summed E-state index contributed by atoms with van der Waals surface area (Å²) >= 11 is 5.91. The molecule has 1 aliphatic heterocycles. The summed E-state index contributed by atoms with van der Waals surface area (Å²) in [4.78, 5) is 17.0. The molecule has 0 radical (unpaired) electrons. The van der Waals surface area contributed by atoms with Crippen molar-refractivity contribution in [2.24, 2.45) is 0 Å². The summed E-state index contributed by atoms with van der Waals surface area (Å²) in [7, 11) is 4.81. The van der Waals surface area contributed by atoms with Crippen molar-refractivity contribution in [1.82, 2.24) is 19.6 Å². The van der Waals surface area contributed by atoms with Crippen molar-refractivity contribution in [3.05, 3.63) is 35.1 Å². The summed E-state index contributed by atoms with van der Waals surface area (Å²) in [6.45, 7) is 5.49. The smallest absolute Gasteiger partial charge is 0.247 e. The van der Waals surface area contributed by atoms with E-state index in [9.17, 15) is 4.79 Å².